The second-order valence-corrected chi connectivity index (χ2v) is 11.9. The highest BCUT2D eigenvalue weighted by molar-refractivity contribution is 5.77. The zero-order valence-corrected chi connectivity index (χ0v) is 23.3. The summed E-state index contributed by atoms with van der Waals surface area (Å²) >= 11 is 0. The van der Waals surface area contributed by atoms with Crippen LogP contribution in [0.2, 0.25) is 0 Å². The molecule has 8 N–H and O–H groups in total. The maximum absolute atomic E-state index is 12.8. The van der Waals surface area contributed by atoms with E-state index in [9.17, 15) is 19.2 Å². The zero-order valence-electron chi connectivity index (χ0n) is 23.3. The molecule has 224 valence electrons. The van der Waals surface area contributed by atoms with E-state index in [1.165, 1.54) is 0 Å². The van der Waals surface area contributed by atoms with Crippen LogP contribution in [0.3, 0.4) is 0 Å². The molecule has 1 saturated carbocycles. The molecule has 4 saturated heterocycles. The largest absolute Gasteiger partial charge is 0.335 e. The van der Waals surface area contributed by atoms with Crippen molar-refractivity contribution in [1.82, 2.24) is 52.3 Å². The number of rotatable bonds is 6. The average molecular weight is 563 g/mol. The molecule has 40 heavy (non-hydrogen) atoms. The van der Waals surface area contributed by atoms with Crippen molar-refractivity contribution in [2.24, 2.45) is 0 Å². The maximum atomic E-state index is 12.8. The second-order valence-electron chi connectivity index (χ2n) is 11.9. The Labute approximate surface area is 235 Å². The number of hydrogen-bond donors (Lipinski definition) is 8. The molecule has 0 radical (unpaired) electrons. The lowest BCUT2D eigenvalue weighted by molar-refractivity contribution is 0.189. The Bertz CT molecular complexity index is 830. The van der Waals surface area contributed by atoms with Crippen molar-refractivity contribution in [1.29, 1.82) is 0 Å². The summed E-state index contributed by atoms with van der Waals surface area (Å²) in [5, 5.41) is 24.7. The van der Waals surface area contributed by atoms with Crippen LogP contribution >= 0.6 is 0 Å². The first-order valence-electron chi connectivity index (χ1n) is 15.1. The van der Waals surface area contributed by atoms with Crippen molar-refractivity contribution >= 4 is 24.1 Å². The Morgan fingerprint density at radius 2 is 0.875 bits per heavy atom. The van der Waals surface area contributed by atoms with Gasteiger partial charge in [-0.1, -0.05) is 0 Å². The second kappa shape index (κ2) is 13.6. The Balaban J connectivity index is 0.942. The summed E-state index contributed by atoms with van der Waals surface area (Å²) < 4.78 is 0. The van der Waals surface area contributed by atoms with E-state index in [1.807, 2.05) is 0 Å². The molecule has 1 aliphatic carbocycles. The minimum atomic E-state index is -0.162. The molecule has 0 aromatic carbocycles. The van der Waals surface area contributed by atoms with E-state index < -0.39 is 0 Å². The number of nitrogens with one attached hydrogen (secondary N) is 8. The van der Waals surface area contributed by atoms with Crippen LogP contribution in [0.1, 0.15) is 51.4 Å². The monoisotopic (exact) mass is 562 g/mol. The van der Waals surface area contributed by atoms with E-state index in [4.69, 9.17) is 0 Å². The SMILES string of the molecule is O=C(N[C@@H]1CCN(C(=O)N[C@H]2CC[C@@H](NC(=O)N3CC[C@@H](NC(=O)N[C@H]4CCNC4)C3)CC2)C1)N[C@H]1CCNC1. The van der Waals surface area contributed by atoms with E-state index in [1.54, 1.807) is 9.80 Å². The first-order valence-corrected chi connectivity index (χ1v) is 15.1. The number of hydrogen-bond acceptors (Lipinski definition) is 6. The maximum Gasteiger partial charge on any atom is 0.317 e. The van der Waals surface area contributed by atoms with E-state index in [-0.39, 0.29) is 60.4 Å². The van der Waals surface area contributed by atoms with Crippen molar-refractivity contribution in [3.63, 3.8) is 0 Å². The lowest BCUT2D eigenvalue weighted by Gasteiger charge is -2.32. The first kappa shape index (κ1) is 28.5. The van der Waals surface area contributed by atoms with Gasteiger partial charge in [0.1, 0.15) is 0 Å². The third-order valence-corrected chi connectivity index (χ3v) is 8.79. The standard InChI is InChI=1S/C26H46N10O4/c37-23(29-19-5-9-27-13-19)31-21-7-11-35(15-21)25(39)33-17-1-2-18(4-3-17)34-26(40)36-12-8-22(16-36)32-24(38)30-20-6-10-28-14-20/h17-22,27-28H,1-16H2,(H,33,39)(H,34,40)(H2,29,31,37)(H2,30,32,38)/t17-,18+,19-,20-,21+,22+/m0/s1. The summed E-state index contributed by atoms with van der Waals surface area (Å²) in [7, 11) is 0. The number of carbonyl (C=O) groups excluding carboxylic acids is 4. The number of amides is 8. The van der Waals surface area contributed by atoms with Crippen molar-refractivity contribution in [2.75, 3.05) is 52.4 Å². The Kier molecular flexibility index (Phi) is 9.68. The molecule has 4 heterocycles. The van der Waals surface area contributed by atoms with Gasteiger partial charge >= 0.3 is 24.1 Å². The molecular formula is C26H46N10O4. The molecule has 4 aliphatic heterocycles. The minimum absolute atomic E-state index is 0.0366. The Morgan fingerprint density at radius 1 is 0.475 bits per heavy atom. The fourth-order valence-corrected chi connectivity index (χ4v) is 6.42. The fraction of sp³-hybridized carbons (Fsp3) is 0.846. The molecule has 0 spiro atoms. The van der Waals surface area contributed by atoms with Gasteiger partial charge in [-0.3, -0.25) is 0 Å². The molecule has 5 fully saturated rings. The van der Waals surface area contributed by atoms with Gasteiger partial charge in [0.05, 0.1) is 0 Å². The van der Waals surface area contributed by atoms with Gasteiger partial charge in [0.2, 0.25) is 0 Å². The molecule has 14 heteroatoms. The summed E-state index contributed by atoms with van der Waals surface area (Å²) in [6, 6.07) is -0.0589. The number of carbonyl (C=O) groups is 4. The molecule has 0 aromatic heterocycles. The highest BCUT2D eigenvalue weighted by Gasteiger charge is 2.32. The molecule has 0 bridgehead atoms. The van der Waals surface area contributed by atoms with Gasteiger partial charge in [0.15, 0.2) is 0 Å². The van der Waals surface area contributed by atoms with Crippen LogP contribution in [0.5, 0.6) is 0 Å². The van der Waals surface area contributed by atoms with Gasteiger partial charge in [-0.2, -0.15) is 0 Å². The predicted molar refractivity (Wildman–Crippen MR) is 149 cm³/mol. The summed E-state index contributed by atoms with van der Waals surface area (Å²) in [4.78, 5) is 53.7. The van der Waals surface area contributed by atoms with Gasteiger partial charge in [-0.15, -0.1) is 0 Å². The number of urea groups is 4. The van der Waals surface area contributed by atoms with Crippen LogP contribution in [-0.4, -0.2) is 123 Å². The van der Waals surface area contributed by atoms with Crippen LogP contribution in [0.25, 0.3) is 0 Å². The lowest BCUT2D eigenvalue weighted by atomic mass is 9.91. The molecule has 14 nitrogen and oxygen atoms in total. The van der Waals surface area contributed by atoms with Gasteiger partial charge in [-0.05, 0) is 64.5 Å². The molecule has 0 aromatic rings. The highest BCUT2D eigenvalue weighted by Crippen LogP contribution is 2.20. The van der Waals surface area contributed by atoms with E-state index >= 15 is 0 Å². The van der Waals surface area contributed by atoms with E-state index in [0.717, 1.165) is 77.5 Å². The average Bonchev–Trinajstić information content (AvgIpc) is 3.74. The van der Waals surface area contributed by atoms with Crippen LogP contribution in [-0.2, 0) is 0 Å². The van der Waals surface area contributed by atoms with Crippen molar-refractivity contribution in [3.8, 4) is 0 Å². The molecule has 5 aliphatic rings. The molecule has 8 amide bonds. The highest BCUT2D eigenvalue weighted by atomic mass is 16.2. The number of likely N-dealkylation sites (tertiary alicyclic amines) is 2. The summed E-state index contributed by atoms with van der Waals surface area (Å²) in [5.74, 6) is 0. The van der Waals surface area contributed by atoms with Crippen LogP contribution in [0.4, 0.5) is 19.2 Å². The van der Waals surface area contributed by atoms with E-state index in [2.05, 4.69) is 42.5 Å². The lowest BCUT2D eigenvalue weighted by Crippen LogP contribution is -2.51. The molecule has 0 unspecified atom stereocenters. The predicted octanol–water partition coefficient (Wildman–Crippen LogP) is -0.812. The van der Waals surface area contributed by atoms with Crippen molar-refractivity contribution in [2.45, 2.75) is 87.6 Å². The summed E-state index contributed by atoms with van der Waals surface area (Å²) in [6.45, 7) is 5.72. The fourth-order valence-electron chi connectivity index (χ4n) is 6.42. The minimum Gasteiger partial charge on any atom is -0.335 e. The Hall–Kier alpha value is -3.00. The molecular weight excluding hydrogens is 516 g/mol. The van der Waals surface area contributed by atoms with Crippen LogP contribution < -0.4 is 42.5 Å². The smallest absolute Gasteiger partial charge is 0.317 e. The van der Waals surface area contributed by atoms with Gasteiger partial charge in [0, 0.05) is 75.5 Å². The Morgan fingerprint density at radius 3 is 1.25 bits per heavy atom. The van der Waals surface area contributed by atoms with E-state index in [0.29, 0.717) is 26.2 Å². The van der Waals surface area contributed by atoms with Crippen LogP contribution in [0, 0.1) is 0 Å². The van der Waals surface area contributed by atoms with Gasteiger partial charge in [0.25, 0.3) is 0 Å². The first-order chi connectivity index (χ1) is 19.4. The van der Waals surface area contributed by atoms with Gasteiger partial charge in [-0.25, -0.2) is 19.2 Å². The summed E-state index contributed by atoms with van der Waals surface area (Å²) in [5.41, 5.74) is 0. The zero-order chi connectivity index (χ0) is 27.9. The van der Waals surface area contributed by atoms with Gasteiger partial charge < -0.3 is 52.3 Å². The summed E-state index contributed by atoms with van der Waals surface area (Å²) in [6.07, 6.45) is 6.61. The quantitative estimate of drug-likeness (QED) is 0.210. The third kappa shape index (κ3) is 8.03. The van der Waals surface area contributed by atoms with Crippen molar-refractivity contribution in [3.05, 3.63) is 0 Å². The normalized spacial score (nSPS) is 32.0. The van der Waals surface area contributed by atoms with Crippen LogP contribution in [0.15, 0.2) is 0 Å². The third-order valence-electron chi connectivity index (χ3n) is 8.79. The number of nitrogens with zero attached hydrogens (tertiary/aromatic N) is 2. The van der Waals surface area contributed by atoms with Crippen molar-refractivity contribution < 1.29 is 19.2 Å². The molecule has 4 atom stereocenters. The molecule has 5 rings (SSSR count). The topological polar surface area (TPSA) is 171 Å².